The predicted octanol–water partition coefficient (Wildman–Crippen LogP) is 1.32. The lowest BCUT2D eigenvalue weighted by molar-refractivity contribution is 0.0600. The minimum Gasteiger partial charge on any atom is -0.465 e. The monoisotopic (exact) mass is 250 g/mol. The Labute approximate surface area is 102 Å². The third kappa shape index (κ3) is 2.56. The second kappa shape index (κ2) is 4.88. The number of H-pyrrole nitrogens is 1. The minimum atomic E-state index is -0.399. The molecule has 17 heavy (non-hydrogen) atoms. The van der Waals surface area contributed by atoms with Crippen LogP contribution in [0.2, 0.25) is 0 Å². The molecule has 0 fully saturated rings. The Balaban J connectivity index is 2.29. The van der Waals surface area contributed by atoms with Crippen LogP contribution in [-0.4, -0.2) is 28.3 Å². The largest absolute Gasteiger partial charge is 0.465 e. The summed E-state index contributed by atoms with van der Waals surface area (Å²) in [6.07, 6.45) is 1.41. The number of esters is 1. The lowest BCUT2D eigenvalue weighted by Gasteiger charge is -2.05. The van der Waals surface area contributed by atoms with Crippen LogP contribution in [0.15, 0.2) is 34.6 Å². The normalized spacial score (nSPS) is 10.2. The van der Waals surface area contributed by atoms with Gasteiger partial charge >= 0.3 is 5.97 Å². The van der Waals surface area contributed by atoms with Crippen molar-refractivity contribution in [2.45, 2.75) is 10.1 Å². The molecule has 0 aliphatic heterocycles. The highest BCUT2D eigenvalue weighted by Gasteiger charge is 2.10. The van der Waals surface area contributed by atoms with Crippen LogP contribution in [0.3, 0.4) is 0 Å². The third-order valence-electron chi connectivity index (χ3n) is 2.03. The van der Waals surface area contributed by atoms with Crippen molar-refractivity contribution in [2.24, 2.45) is 0 Å². The van der Waals surface area contributed by atoms with E-state index in [1.54, 1.807) is 18.2 Å². The number of benzene rings is 1. The summed E-state index contributed by atoms with van der Waals surface area (Å²) in [4.78, 5) is 16.1. The molecule has 2 rings (SSSR count). The van der Waals surface area contributed by atoms with Crippen molar-refractivity contribution in [3.8, 4) is 0 Å². The van der Waals surface area contributed by atoms with Crippen molar-refractivity contribution >= 4 is 23.4 Å². The van der Waals surface area contributed by atoms with Crippen LogP contribution in [0.1, 0.15) is 10.4 Å². The molecule has 88 valence electrons. The lowest BCUT2D eigenvalue weighted by Crippen LogP contribution is -2.02. The SMILES string of the molecule is COC(=O)c1ccc(N)c(Sc2ncn[nH]2)c1. The van der Waals surface area contributed by atoms with Crippen LogP contribution in [0.5, 0.6) is 0 Å². The lowest BCUT2D eigenvalue weighted by atomic mass is 10.2. The van der Waals surface area contributed by atoms with E-state index < -0.39 is 5.97 Å². The van der Waals surface area contributed by atoms with Gasteiger partial charge in [0, 0.05) is 10.6 Å². The molecule has 0 saturated heterocycles. The summed E-state index contributed by atoms with van der Waals surface area (Å²) >= 11 is 1.30. The van der Waals surface area contributed by atoms with Gasteiger partial charge in [-0.25, -0.2) is 9.78 Å². The molecule has 0 aliphatic carbocycles. The second-order valence-corrected chi connectivity index (χ2v) is 4.17. The number of nitrogens with two attached hydrogens (primary N) is 1. The topological polar surface area (TPSA) is 93.9 Å². The zero-order chi connectivity index (χ0) is 12.3. The van der Waals surface area contributed by atoms with Crippen molar-refractivity contribution in [2.75, 3.05) is 12.8 Å². The van der Waals surface area contributed by atoms with E-state index in [1.807, 2.05) is 0 Å². The number of rotatable bonds is 3. The number of methoxy groups -OCH3 is 1. The average Bonchev–Trinajstić information content (AvgIpc) is 2.84. The van der Waals surface area contributed by atoms with Crippen LogP contribution in [0.25, 0.3) is 0 Å². The summed E-state index contributed by atoms with van der Waals surface area (Å²) in [5.74, 6) is -0.399. The molecule has 0 amide bonds. The van der Waals surface area contributed by atoms with E-state index in [4.69, 9.17) is 5.73 Å². The summed E-state index contributed by atoms with van der Waals surface area (Å²) in [5.41, 5.74) is 6.83. The summed E-state index contributed by atoms with van der Waals surface area (Å²) < 4.78 is 4.64. The first-order chi connectivity index (χ1) is 8.20. The van der Waals surface area contributed by atoms with Gasteiger partial charge in [0.05, 0.1) is 12.7 Å². The number of nitrogen functional groups attached to an aromatic ring is 1. The van der Waals surface area contributed by atoms with Gasteiger partial charge < -0.3 is 10.5 Å². The van der Waals surface area contributed by atoms with Crippen LogP contribution >= 0.6 is 11.8 Å². The van der Waals surface area contributed by atoms with Crippen molar-refractivity contribution in [3.05, 3.63) is 30.1 Å². The predicted molar refractivity (Wildman–Crippen MR) is 62.7 cm³/mol. The molecule has 1 heterocycles. The van der Waals surface area contributed by atoms with Gasteiger partial charge in [0.1, 0.15) is 6.33 Å². The van der Waals surface area contributed by atoms with E-state index in [1.165, 1.54) is 25.2 Å². The molecule has 7 heteroatoms. The molecule has 0 atom stereocenters. The Morgan fingerprint density at radius 2 is 2.35 bits per heavy atom. The van der Waals surface area contributed by atoms with Gasteiger partial charge in [-0.3, -0.25) is 5.10 Å². The number of hydrogen-bond donors (Lipinski definition) is 2. The molecule has 3 N–H and O–H groups in total. The standard InChI is InChI=1S/C10H10N4O2S/c1-16-9(15)6-2-3-7(11)8(4-6)17-10-12-5-13-14-10/h2-5H,11H2,1H3,(H,12,13,14). The molecule has 6 nitrogen and oxygen atoms in total. The Morgan fingerprint density at radius 3 is 3.00 bits per heavy atom. The van der Waals surface area contributed by atoms with E-state index in [2.05, 4.69) is 19.9 Å². The van der Waals surface area contributed by atoms with Crippen LogP contribution in [0.4, 0.5) is 5.69 Å². The van der Waals surface area contributed by atoms with Crippen molar-refractivity contribution < 1.29 is 9.53 Å². The van der Waals surface area contributed by atoms with Crippen molar-refractivity contribution in [1.82, 2.24) is 15.2 Å². The number of anilines is 1. The number of nitrogens with zero attached hydrogens (tertiary/aromatic N) is 2. The minimum absolute atomic E-state index is 0.399. The van der Waals surface area contributed by atoms with Crippen molar-refractivity contribution in [3.63, 3.8) is 0 Å². The van der Waals surface area contributed by atoms with Crippen LogP contribution < -0.4 is 5.73 Å². The smallest absolute Gasteiger partial charge is 0.337 e. The van der Waals surface area contributed by atoms with E-state index in [-0.39, 0.29) is 0 Å². The molecule has 1 aromatic heterocycles. The van der Waals surface area contributed by atoms with Gasteiger partial charge in [-0.2, -0.15) is 5.10 Å². The van der Waals surface area contributed by atoms with Gasteiger partial charge in [0.25, 0.3) is 0 Å². The number of carbonyl (C=O) groups excluding carboxylic acids is 1. The average molecular weight is 250 g/mol. The van der Waals surface area contributed by atoms with Gasteiger partial charge in [-0.15, -0.1) is 0 Å². The highest BCUT2D eigenvalue weighted by Crippen LogP contribution is 2.30. The van der Waals surface area contributed by atoms with E-state index in [9.17, 15) is 4.79 Å². The quantitative estimate of drug-likeness (QED) is 0.630. The van der Waals surface area contributed by atoms with Gasteiger partial charge in [0.15, 0.2) is 5.16 Å². The number of nitrogens with one attached hydrogen (secondary N) is 1. The zero-order valence-corrected chi connectivity index (χ0v) is 9.82. The molecule has 0 bridgehead atoms. The van der Waals surface area contributed by atoms with E-state index >= 15 is 0 Å². The van der Waals surface area contributed by atoms with Gasteiger partial charge in [-0.1, -0.05) is 0 Å². The molecule has 0 saturated carbocycles. The van der Waals surface area contributed by atoms with Crippen molar-refractivity contribution in [1.29, 1.82) is 0 Å². The molecule has 0 spiro atoms. The summed E-state index contributed by atoms with van der Waals surface area (Å²) in [6, 6.07) is 4.94. The fourth-order valence-electron chi connectivity index (χ4n) is 1.22. The summed E-state index contributed by atoms with van der Waals surface area (Å²) in [6.45, 7) is 0. The first-order valence-electron chi connectivity index (χ1n) is 4.72. The number of carbonyl (C=O) groups is 1. The van der Waals surface area contributed by atoms with Crippen LogP contribution in [-0.2, 0) is 4.74 Å². The number of aromatic nitrogens is 3. The van der Waals surface area contributed by atoms with Gasteiger partial charge in [-0.05, 0) is 30.0 Å². The third-order valence-corrected chi connectivity index (χ3v) is 3.00. The first kappa shape index (κ1) is 11.5. The first-order valence-corrected chi connectivity index (χ1v) is 5.53. The zero-order valence-electron chi connectivity index (χ0n) is 9.01. The van der Waals surface area contributed by atoms with E-state index in [0.29, 0.717) is 16.4 Å². The molecule has 0 unspecified atom stereocenters. The summed E-state index contributed by atoms with van der Waals surface area (Å²) in [5, 5.41) is 7.05. The fraction of sp³-hybridized carbons (Fsp3) is 0.100. The molecule has 1 aromatic carbocycles. The van der Waals surface area contributed by atoms with E-state index in [0.717, 1.165) is 4.90 Å². The molecule has 0 radical (unpaired) electrons. The number of aromatic amines is 1. The van der Waals surface area contributed by atoms with Crippen LogP contribution in [0, 0.1) is 0 Å². The Kier molecular flexibility index (Phi) is 3.29. The number of ether oxygens (including phenoxy) is 1. The Bertz CT molecular complexity index is 527. The maximum Gasteiger partial charge on any atom is 0.337 e. The number of hydrogen-bond acceptors (Lipinski definition) is 6. The highest BCUT2D eigenvalue weighted by molar-refractivity contribution is 7.99. The molecule has 0 aliphatic rings. The Hall–Kier alpha value is -2.02. The second-order valence-electron chi connectivity index (χ2n) is 3.14. The molecular formula is C10H10N4O2S. The molecular weight excluding hydrogens is 240 g/mol. The maximum absolute atomic E-state index is 11.4. The summed E-state index contributed by atoms with van der Waals surface area (Å²) in [7, 11) is 1.34. The fourth-order valence-corrected chi connectivity index (χ4v) is 1.99. The molecule has 2 aromatic rings. The van der Waals surface area contributed by atoms with Gasteiger partial charge in [0.2, 0.25) is 0 Å². The highest BCUT2D eigenvalue weighted by atomic mass is 32.2. The maximum atomic E-state index is 11.4. The Morgan fingerprint density at radius 1 is 1.53 bits per heavy atom.